The van der Waals surface area contributed by atoms with Crippen molar-refractivity contribution in [3.63, 3.8) is 0 Å². The fourth-order valence-electron chi connectivity index (χ4n) is 3.63. The molecule has 2 N–H and O–H groups in total. The molecule has 1 amide bonds. The summed E-state index contributed by atoms with van der Waals surface area (Å²) in [6.07, 6.45) is 0. The van der Waals surface area contributed by atoms with Crippen LogP contribution in [-0.2, 0) is 6.61 Å². The fraction of sp³-hybridized carbons (Fsp3) is 0.231. The van der Waals surface area contributed by atoms with Crippen molar-refractivity contribution in [2.45, 2.75) is 6.61 Å². The average Bonchev–Trinajstić information content (AvgIpc) is 2.84. The molecule has 1 saturated heterocycles. The molecule has 3 aromatic carbocycles. The highest BCUT2D eigenvalue weighted by molar-refractivity contribution is 7.80. The summed E-state index contributed by atoms with van der Waals surface area (Å²) < 4.78 is 5.82. The minimum absolute atomic E-state index is 0.253. The Bertz CT molecular complexity index is 1080. The second-order valence-corrected chi connectivity index (χ2v) is 8.46. The van der Waals surface area contributed by atoms with Crippen molar-refractivity contribution in [2.75, 3.05) is 43.4 Å². The molecule has 33 heavy (non-hydrogen) atoms. The quantitative estimate of drug-likeness (QED) is 0.539. The van der Waals surface area contributed by atoms with Crippen molar-refractivity contribution in [1.82, 2.24) is 10.2 Å². The standard InChI is InChI=1S/C26H28N4O2S/c1-29-14-16-30(17-15-29)23-12-10-22(11-13-23)27-26(33)28-25(31)21-8-5-9-24(18-21)32-19-20-6-3-2-4-7-20/h2-13,18H,14-17,19H2,1H3,(H2,27,28,31,33). The van der Waals surface area contributed by atoms with Crippen LogP contribution in [0.2, 0.25) is 0 Å². The van der Waals surface area contributed by atoms with Gasteiger partial charge in [0.2, 0.25) is 0 Å². The molecule has 0 aliphatic carbocycles. The van der Waals surface area contributed by atoms with Gasteiger partial charge in [-0.3, -0.25) is 10.1 Å². The number of nitrogens with zero attached hydrogens (tertiary/aromatic N) is 2. The molecule has 170 valence electrons. The maximum atomic E-state index is 12.7. The van der Waals surface area contributed by atoms with Crippen LogP contribution in [-0.4, -0.2) is 49.1 Å². The smallest absolute Gasteiger partial charge is 0.257 e. The molecule has 0 atom stereocenters. The summed E-state index contributed by atoms with van der Waals surface area (Å²) in [6, 6.07) is 25.1. The number of hydrogen-bond donors (Lipinski definition) is 2. The van der Waals surface area contributed by atoms with E-state index in [0.717, 1.165) is 37.4 Å². The van der Waals surface area contributed by atoms with Gasteiger partial charge in [0.1, 0.15) is 12.4 Å². The Hall–Kier alpha value is -3.42. The molecule has 0 radical (unpaired) electrons. The third kappa shape index (κ3) is 6.54. The van der Waals surface area contributed by atoms with Crippen LogP contribution in [0.15, 0.2) is 78.9 Å². The molecule has 1 fully saturated rings. The van der Waals surface area contributed by atoms with Crippen LogP contribution in [0, 0.1) is 0 Å². The summed E-state index contributed by atoms with van der Waals surface area (Å²) in [4.78, 5) is 17.4. The third-order valence-electron chi connectivity index (χ3n) is 5.57. The van der Waals surface area contributed by atoms with Gasteiger partial charge < -0.3 is 19.9 Å². The van der Waals surface area contributed by atoms with E-state index in [9.17, 15) is 4.79 Å². The number of nitrogens with one attached hydrogen (secondary N) is 2. The number of rotatable bonds is 6. The molecule has 7 heteroatoms. The van der Waals surface area contributed by atoms with E-state index in [2.05, 4.69) is 39.6 Å². The first kappa shape index (κ1) is 22.8. The second kappa shape index (κ2) is 10.9. The van der Waals surface area contributed by atoms with Crippen molar-refractivity contribution < 1.29 is 9.53 Å². The summed E-state index contributed by atoms with van der Waals surface area (Å²) in [5, 5.41) is 6.07. The zero-order valence-electron chi connectivity index (χ0n) is 18.7. The lowest BCUT2D eigenvalue weighted by Crippen LogP contribution is -2.44. The largest absolute Gasteiger partial charge is 0.489 e. The van der Waals surface area contributed by atoms with Gasteiger partial charge in [0.25, 0.3) is 5.91 Å². The second-order valence-electron chi connectivity index (χ2n) is 8.05. The highest BCUT2D eigenvalue weighted by Crippen LogP contribution is 2.19. The van der Waals surface area contributed by atoms with Gasteiger partial charge in [0, 0.05) is 43.1 Å². The highest BCUT2D eigenvalue weighted by atomic mass is 32.1. The molecule has 0 saturated carbocycles. The predicted molar refractivity (Wildman–Crippen MR) is 137 cm³/mol. The zero-order chi connectivity index (χ0) is 23.0. The number of ether oxygens (including phenoxy) is 1. The number of likely N-dealkylation sites (N-methyl/N-ethyl adjacent to an activating group) is 1. The van der Waals surface area contributed by atoms with E-state index in [4.69, 9.17) is 17.0 Å². The Morgan fingerprint density at radius 1 is 0.939 bits per heavy atom. The Kier molecular flexibility index (Phi) is 7.55. The van der Waals surface area contributed by atoms with Gasteiger partial charge in [-0.05, 0) is 67.3 Å². The number of anilines is 2. The van der Waals surface area contributed by atoms with E-state index in [-0.39, 0.29) is 11.0 Å². The maximum Gasteiger partial charge on any atom is 0.257 e. The minimum Gasteiger partial charge on any atom is -0.489 e. The van der Waals surface area contributed by atoms with Crippen LogP contribution in [0.3, 0.4) is 0 Å². The van der Waals surface area contributed by atoms with E-state index in [0.29, 0.717) is 17.9 Å². The summed E-state index contributed by atoms with van der Waals surface area (Å²) in [7, 11) is 2.15. The average molecular weight is 461 g/mol. The van der Waals surface area contributed by atoms with Gasteiger partial charge in [-0.1, -0.05) is 36.4 Å². The first-order chi connectivity index (χ1) is 16.1. The lowest BCUT2D eigenvalue weighted by atomic mass is 10.2. The number of amides is 1. The molecule has 0 spiro atoms. The Balaban J connectivity index is 1.29. The summed E-state index contributed by atoms with van der Waals surface area (Å²) in [6.45, 7) is 4.61. The van der Waals surface area contributed by atoms with E-state index in [1.165, 1.54) is 5.69 Å². The third-order valence-corrected chi connectivity index (χ3v) is 5.77. The topological polar surface area (TPSA) is 56.8 Å². The van der Waals surface area contributed by atoms with Gasteiger partial charge >= 0.3 is 0 Å². The van der Waals surface area contributed by atoms with Crippen LogP contribution in [0.4, 0.5) is 11.4 Å². The molecule has 0 aromatic heterocycles. The van der Waals surface area contributed by atoms with Gasteiger partial charge in [-0.2, -0.15) is 0 Å². The van der Waals surface area contributed by atoms with Crippen molar-refractivity contribution in [3.05, 3.63) is 90.0 Å². The van der Waals surface area contributed by atoms with Crippen LogP contribution < -0.4 is 20.3 Å². The molecule has 0 unspecified atom stereocenters. The Morgan fingerprint density at radius 2 is 1.67 bits per heavy atom. The van der Waals surface area contributed by atoms with E-state index < -0.39 is 0 Å². The van der Waals surface area contributed by atoms with Gasteiger partial charge in [-0.25, -0.2) is 0 Å². The van der Waals surface area contributed by atoms with Crippen LogP contribution in [0.5, 0.6) is 5.75 Å². The molecular weight excluding hydrogens is 432 g/mol. The van der Waals surface area contributed by atoms with Crippen molar-refractivity contribution in [3.8, 4) is 5.75 Å². The highest BCUT2D eigenvalue weighted by Gasteiger charge is 2.14. The van der Waals surface area contributed by atoms with Crippen molar-refractivity contribution in [2.24, 2.45) is 0 Å². The summed E-state index contributed by atoms with van der Waals surface area (Å²) in [5.74, 6) is 0.344. The van der Waals surface area contributed by atoms with Crippen LogP contribution in [0.1, 0.15) is 15.9 Å². The molecule has 1 aliphatic rings. The lowest BCUT2D eigenvalue weighted by Gasteiger charge is -2.34. The molecule has 1 aliphatic heterocycles. The first-order valence-corrected chi connectivity index (χ1v) is 11.4. The molecule has 1 heterocycles. The molecule has 0 bridgehead atoms. The molecule has 3 aromatic rings. The number of piperazine rings is 1. The summed E-state index contributed by atoms with van der Waals surface area (Å²) in [5.41, 5.74) is 3.57. The van der Waals surface area contributed by atoms with Crippen LogP contribution >= 0.6 is 12.2 Å². The normalized spacial score (nSPS) is 13.9. The number of carbonyl (C=O) groups is 1. The number of hydrogen-bond acceptors (Lipinski definition) is 5. The Morgan fingerprint density at radius 3 is 2.39 bits per heavy atom. The molecular formula is C26H28N4O2S. The van der Waals surface area contributed by atoms with E-state index >= 15 is 0 Å². The van der Waals surface area contributed by atoms with Crippen LogP contribution in [0.25, 0.3) is 0 Å². The number of benzene rings is 3. The zero-order valence-corrected chi connectivity index (χ0v) is 19.5. The molecule has 6 nitrogen and oxygen atoms in total. The van der Waals surface area contributed by atoms with Crippen molar-refractivity contribution >= 4 is 34.6 Å². The maximum absolute atomic E-state index is 12.7. The van der Waals surface area contributed by atoms with E-state index in [1.807, 2.05) is 48.5 Å². The summed E-state index contributed by atoms with van der Waals surface area (Å²) >= 11 is 5.34. The molecule has 4 rings (SSSR count). The Labute approximate surface area is 200 Å². The van der Waals surface area contributed by atoms with Gasteiger partial charge in [-0.15, -0.1) is 0 Å². The lowest BCUT2D eigenvalue weighted by molar-refractivity contribution is 0.0977. The number of carbonyl (C=O) groups excluding carboxylic acids is 1. The van der Waals surface area contributed by atoms with Gasteiger partial charge in [0.15, 0.2) is 5.11 Å². The predicted octanol–water partition coefficient (Wildman–Crippen LogP) is 4.14. The number of thiocarbonyl (C=S) groups is 1. The SMILES string of the molecule is CN1CCN(c2ccc(NC(=S)NC(=O)c3cccc(OCc4ccccc4)c3)cc2)CC1. The first-order valence-electron chi connectivity index (χ1n) is 11.0. The van der Waals surface area contributed by atoms with Crippen molar-refractivity contribution in [1.29, 1.82) is 0 Å². The monoisotopic (exact) mass is 460 g/mol. The van der Waals surface area contributed by atoms with Gasteiger partial charge in [0.05, 0.1) is 0 Å². The minimum atomic E-state index is -0.285. The van der Waals surface area contributed by atoms with E-state index in [1.54, 1.807) is 18.2 Å². The fourth-order valence-corrected chi connectivity index (χ4v) is 3.84.